The molecule has 0 aliphatic carbocycles. The summed E-state index contributed by atoms with van der Waals surface area (Å²) in [6, 6.07) is 16.4. The number of nitrogens with one attached hydrogen (secondary N) is 1. The van der Waals surface area contributed by atoms with Gasteiger partial charge in [0.05, 0.1) is 20.6 Å². The Hall–Kier alpha value is -3.14. The van der Waals surface area contributed by atoms with Crippen molar-refractivity contribution in [3.05, 3.63) is 94.2 Å². The van der Waals surface area contributed by atoms with Gasteiger partial charge in [0.1, 0.15) is 18.4 Å². The van der Waals surface area contributed by atoms with Crippen LogP contribution in [0.5, 0.6) is 0 Å². The first-order valence-corrected chi connectivity index (χ1v) is 14.3. The van der Waals surface area contributed by atoms with Gasteiger partial charge in [0.15, 0.2) is 0 Å². The van der Waals surface area contributed by atoms with Crippen LogP contribution < -0.4 is 9.62 Å². The lowest BCUT2D eigenvalue weighted by atomic mass is 10.1. The fraction of sp³-hybridized carbons (Fsp3) is 0.286. The van der Waals surface area contributed by atoms with Crippen LogP contribution in [0, 0.1) is 5.82 Å². The van der Waals surface area contributed by atoms with Crippen molar-refractivity contribution >= 4 is 50.7 Å². The van der Waals surface area contributed by atoms with Crippen LogP contribution in [0.4, 0.5) is 10.1 Å². The minimum atomic E-state index is -4.23. The van der Waals surface area contributed by atoms with E-state index < -0.39 is 45.8 Å². The molecule has 0 bridgehead atoms. The molecule has 0 heterocycles. The maximum Gasteiger partial charge on any atom is 0.264 e. The quantitative estimate of drug-likeness (QED) is 0.347. The standard InChI is InChI=1S/C28H30Cl2FN3O4S/c1-19(27(36)32-28(2,3)4)33(17-20-10-12-21(31)13-11-20)26(35)18-34(22-14-15-24(29)25(30)16-22)39(37,38)23-8-6-5-7-9-23/h5-16,19H,17-18H2,1-4H3,(H,32,36)/t19-/m0/s1. The molecule has 3 aromatic rings. The lowest BCUT2D eigenvalue weighted by Gasteiger charge is -2.33. The van der Waals surface area contributed by atoms with Crippen LogP contribution in [0.15, 0.2) is 77.7 Å². The van der Waals surface area contributed by atoms with Crippen LogP contribution in [0.3, 0.4) is 0 Å². The van der Waals surface area contributed by atoms with E-state index in [1.165, 1.54) is 59.5 Å². The highest BCUT2D eigenvalue weighted by atomic mass is 35.5. The van der Waals surface area contributed by atoms with Gasteiger partial charge in [0.25, 0.3) is 10.0 Å². The first-order chi connectivity index (χ1) is 18.2. The molecule has 2 amide bonds. The molecule has 39 heavy (non-hydrogen) atoms. The lowest BCUT2D eigenvalue weighted by molar-refractivity contribution is -0.140. The van der Waals surface area contributed by atoms with Crippen LogP contribution in [0.25, 0.3) is 0 Å². The molecular formula is C28H30Cl2FN3O4S. The fourth-order valence-corrected chi connectivity index (χ4v) is 5.45. The van der Waals surface area contributed by atoms with E-state index in [0.29, 0.717) is 5.56 Å². The van der Waals surface area contributed by atoms with E-state index in [-0.39, 0.29) is 27.2 Å². The zero-order chi connectivity index (χ0) is 29.0. The summed E-state index contributed by atoms with van der Waals surface area (Å²) < 4.78 is 41.9. The van der Waals surface area contributed by atoms with Gasteiger partial charge in [-0.2, -0.15) is 0 Å². The predicted molar refractivity (Wildman–Crippen MR) is 152 cm³/mol. The Morgan fingerprint density at radius 2 is 1.56 bits per heavy atom. The summed E-state index contributed by atoms with van der Waals surface area (Å²) in [5, 5.41) is 3.17. The molecule has 0 saturated heterocycles. The molecule has 1 N–H and O–H groups in total. The van der Waals surface area contributed by atoms with E-state index in [4.69, 9.17) is 23.2 Å². The van der Waals surface area contributed by atoms with Crippen LogP contribution in [-0.4, -0.2) is 43.3 Å². The molecule has 0 aromatic heterocycles. The number of carbonyl (C=O) groups excluding carboxylic acids is 2. The third kappa shape index (κ3) is 7.94. The Morgan fingerprint density at radius 1 is 0.949 bits per heavy atom. The maximum atomic E-state index is 13.8. The molecule has 3 aromatic carbocycles. The van der Waals surface area contributed by atoms with Gasteiger partial charge in [-0.3, -0.25) is 13.9 Å². The number of halogens is 3. The van der Waals surface area contributed by atoms with Crippen molar-refractivity contribution in [1.29, 1.82) is 0 Å². The number of nitrogens with zero attached hydrogens (tertiary/aromatic N) is 2. The van der Waals surface area contributed by atoms with E-state index >= 15 is 0 Å². The summed E-state index contributed by atoms with van der Waals surface area (Å²) in [6.07, 6.45) is 0. The molecule has 0 aliphatic heterocycles. The van der Waals surface area contributed by atoms with Crippen molar-refractivity contribution in [1.82, 2.24) is 10.2 Å². The second-order valence-electron chi connectivity index (χ2n) is 9.99. The van der Waals surface area contributed by atoms with Crippen LogP contribution in [-0.2, 0) is 26.2 Å². The lowest BCUT2D eigenvalue weighted by Crippen LogP contribution is -2.54. The highest BCUT2D eigenvalue weighted by molar-refractivity contribution is 7.92. The van der Waals surface area contributed by atoms with Crippen LogP contribution in [0.2, 0.25) is 10.0 Å². The van der Waals surface area contributed by atoms with Crippen molar-refractivity contribution in [3.8, 4) is 0 Å². The Bertz CT molecular complexity index is 1430. The number of benzene rings is 3. The van der Waals surface area contributed by atoms with E-state index in [0.717, 1.165) is 4.31 Å². The molecule has 0 saturated carbocycles. The molecule has 0 radical (unpaired) electrons. The Kier molecular flexibility index (Phi) is 9.64. The van der Waals surface area contributed by atoms with Crippen molar-refractivity contribution in [2.24, 2.45) is 0 Å². The number of amides is 2. The molecule has 208 valence electrons. The molecular weight excluding hydrogens is 564 g/mol. The van der Waals surface area contributed by atoms with Crippen molar-refractivity contribution in [3.63, 3.8) is 0 Å². The number of sulfonamides is 1. The molecule has 0 fully saturated rings. The van der Waals surface area contributed by atoms with Crippen molar-refractivity contribution < 1.29 is 22.4 Å². The molecule has 11 heteroatoms. The van der Waals surface area contributed by atoms with Crippen LogP contribution in [0.1, 0.15) is 33.3 Å². The zero-order valence-electron chi connectivity index (χ0n) is 22.0. The summed E-state index contributed by atoms with van der Waals surface area (Å²) in [7, 11) is -4.23. The molecule has 0 spiro atoms. The van der Waals surface area contributed by atoms with Gasteiger partial charge in [-0.1, -0.05) is 53.5 Å². The monoisotopic (exact) mass is 593 g/mol. The molecule has 0 unspecified atom stereocenters. The smallest absolute Gasteiger partial charge is 0.264 e. The molecule has 3 rings (SSSR count). The topological polar surface area (TPSA) is 86.8 Å². The Labute approximate surface area is 238 Å². The predicted octanol–water partition coefficient (Wildman–Crippen LogP) is 5.66. The second-order valence-corrected chi connectivity index (χ2v) is 12.7. The number of anilines is 1. The Morgan fingerprint density at radius 3 is 2.13 bits per heavy atom. The largest absolute Gasteiger partial charge is 0.350 e. The molecule has 1 atom stereocenters. The minimum absolute atomic E-state index is 0.0347. The van der Waals surface area contributed by atoms with E-state index in [2.05, 4.69) is 5.32 Å². The number of carbonyl (C=O) groups is 2. The average Bonchev–Trinajstić information content (AvgIpc) is 2.87. The first kappa shape index (κ1) is 30.4. The summed E-state index contributed by atoms with van der Waals surface area (Å²) in [4.78, 5) is 28.2. The highest BCUT2D eigenvalue weighted by Gasteiger charge is 2.33. The van der Waals surface area contributed by atoms with Gasteiger partial charge in [-0.15, -0.1) is 0 Å². The average molecular weight is 595 g/mol. The third-order valence-electron chi connectivity index (χ3n) is 5.73. The van der Waals surface area contributed by atoms with Gasteiger partial charge < -0.3 is 10.2 Å². The fourth-order valence-electron chi connectivity index (χ4n) is 3.73. The van der Waals surface area contributed by atoms with Crippen molar-refractivity contribution in [2.75, 3.05) is 10.8 Å². The number of hydrogen-bond donors (Lipinski definition) is 1. The van der Waals surface area contributed by atoms with Crippen LogP contribution >= 0.6 is 23.2 Å². The van der Waals surface area contributed by atoms with Gasteiger partial charge in [0, 0.05) is 12.1 Å². The SMILES string of the molecule is C[C@@H](C(=O)NC(C)(C)C)N(Cc1ccc(F)cc1)C(=O)CN(c1ccc(Cl)c(Cl)c1)S(=O)(=O)c1ccccc1. The van der Waals surface area contributed by atoms with E-state index in [1.807, 2.05) is 20.8 Å². The van der Waals surface area contributed by atoms with E-state index in [9.17, 15) is 22.4 Å². The number of rotatable bonds is 9. The van der Waals surface area contributed by atoms with Gasteiger partial charge in [-0.05, 0) is 75.7 Å². The summed E-state index contributed by atoms with van der Waals surface area (Å²) >= 11 is 12.3. The van der Waals surface area contributed by atoms with Gasteiger partial charge >= 0.3 is 0 Å². The third-order valence-corrected chi connectivity index (χ3v) is 8.26. The minimum Gasteiger partial charge on any atom is -0.350 e. The Balaban J connectivity index is 2.04. The zero-order valence-corrected chi connectivity index (χ0v) is 24.3. The summed E-state index contributed by atoms with van der Waals surface area (Å²) in [6.45, 7) is 6.28. The summed E-state index contributed by atoms with van der Waals surface area (Å²) in [5.41, 5.74) is 0.112. The highest BCUT2D eigenvalue weighted by Crippen LogP contribution is 2.31. The van der Waals surface area contributed by atoms with E-state index in [1.54, 1.807) is 25.1 Å². The van der Waals surface area contributed by atoms with Gasteiger partial charge in [-0.25, -0.2) is 12.8 Å². The second kappa shape index (κ2) is 12.4. The van der Waals surface area contributed by atoms with Gasteiger partial charge in [0.2, 0.25) is 11.8 Å². The van der Waals surface area contributed by atoms with Crippen molar-refractivity contribution in [2.45, 2.75) is 50.7 Å². The first-order valence-electron chi connectivity index (χ1n) is 12.1. The number of hydrogen-bond acceptors (Lipinski definition) is 4. The summed E-state index contributed by atoms with van der Waals surface area (Å²) in [5.74, 6) is -1.53. The maximum absolute atomic E-state index is 13.8. The molecule has 0 aliphatic rings. The normalized spacial score (nSPS) is 12.5. The molecule has 7 nitrogen and oxygen atoms in total.